The first-order valence-electron chi connectivity index (χ1n) is 5.55. The third kappa shape index (κ3) is 2.72. The van der Waals surface area contributed by atoms with Gasteiger partial charge in [0, 0.05) is 11.8 Å². The monoisotopic (exact) mass is 338 g/mol. The van der Waals surface area contributed by atoms with E-state index >= 15 is 0 Å². The number of carbonyl (C=O) groups is 1. The molecule has 0 bridgehead atoms. The lowest BCUT2D eigenvalue weighted by atomic mass is 10.2. The zero-order valence-electron chi connectivity index (χ0n) is 10.8. The predicted molar refractivity (Wildman–Crippen MR) is 75.2 cm³/mol. The van der Waals surface area contributed by atoms with Gasteiger partial charge in [-0.3, -0.25) is 0 Å². The lowest BCUT2D eigenvalue weighted by Gasteiger charge is -2.09. The SMILES string of the molecule is COc1ccc(-c2ncc(Br)c(C(=O)O)n2)cc1OC. The van der Waals surface area contributed by atoms with Crippen LogP contribution in [0.25, 0.3) is 11.4 Å². The summed E-state index contributed by atoms with van der Waals surface area (Å²) in [5, 5.41) is 9.05. The second kappa shape index (κ2) is 5.87. The number of nitrogens with zero attached hydrogens (tertiary/aromatic N) is 2. The van der Waals surface area contributed by atoms with Gasteiger partial charge in [0.15, 0.2) is 23.0 Å². The van der Waals surface area contributed by atoms with Gasteiger partial charge in [-0.2, -0.15) is 0 Å². The Labute approximate surface area is 123 Å². The van der Waals surface area contributed by atoms with E-state index in [1.54, 1.807) is 18.2 Å². The molecule has 0 aliphatic carbocycles. The number of aromatic nitrogens is 2. The summed E-state index contributed by atoms with van der Waals surface area (Å²) in [5.41, 5.74) is 0.544. The van der Waals surface area contributed by atoms with Crippen molar-refractivity contribution >= 4 is 21.9 Å². The fourth-order valence-corrected chi connectivity index (χ4v) is 1.99. The normalized spacial score (nSPS) is 10.2. The summed E-state index contributed by atoms with van der Waals surface area (Å²) in [7, 11) is 3.06. The number of carboxylic acids is 1. The summed E-state index contributed by atoms with van der Waals surface area (Å²) >= 11 is 3.10. The Morgan fingerprint density at radius 2 is 1.95 bits per heavy atom. The molecule has 0 saturated carbocycles. The van der Waals surface area contributed by atoms with Crippen molar-refractivity contribution < 1.29 is 19.4 Å². The first-order valence-corrected chi connectivity index (χ1v) is 6.34. The lowest BCUT2D eigenvalue weighted by molar-refractivity contribution is 0.0689. The van der Waals surface area contributed by atoms with Crippen LogP contribution in [0.2, 0.25) is 0 Å². The van der Waals surface area contributed by atoms with Crippen LogP contribution in [0.15, 0.2) is 28.9 Å². The third-order valence-electron chi connectivity index (χ3n) is 2.59. The van der Waals surface area contributed by atoms with Crippen molar-refractivity contribution in [1.29, 1.82) is 0 Å². The average Bonchev–Trinajstić information content (AvgIpc) is 2.46. The van der Waals surface area contributed by atoms with Crippen LogP contribution >= 0.6 is 15.9 Å². The summed E-state index contributed by atoms with van der Waals surface area (Å²) in [6.45, 7) is 0. The largest absolute Gasteiger partial charge is 0.493 e. The number of carboxylic acid groups (broad SMARTS) is 1. The minimum absolute atomic E-state index is 0.0928. The molecular weight excluding hydrogens is 328 g/mol. The zero-order chi connectivity index (χ0) is 14.7. The number of rotatable bonds is 4. The van der Waals surface area contributed by atoms with Crippen molar-refractivity contribution in [1.82, 2.24) is 9.97 Å². The Hall–Kier alpha value is -2.15. The minimum Gasteiger partial charge on any atom is -0.493 e. The second-order valence-electron chi connectivity index (χ2n) is 3.77. The maximum atomic E-state index is 11.1. The Balaban J connectivity index is 2.51. The number of aromatic carboxylic acids is 1. The van der Waals surface area contributed by atoms with Gasteiger partial charge in [0.2, 0.25) is 0 Å². The smallest absolute Gasteiger partial charge is 0.355 e. The molecule has 1 N–H and O–H groups in total. The van der Waals surface area contributed by atoms with E-state index in [9.17, 15) is 4.79 Å². The molecule has 0 unspecified atom stereocenters. The highest BCUT2D eigenvalue weighted by atomic mass is 79.9. The first kappa shape index (κ1) is 14.3. The number of hydrogen-bond donors (Lipinski definition) is 1. The molecule has 7 heteroatoms. The molecule has 2 aromatic rings. The summed E-state index contributed by atoms with van der Waals surface area (Å²) < 4.78 is 10.7. The van der Waals surface area contributed by atoms with Crippen LogP contribution in [0.3, 0.4) is 0 Å². The average molecular weight is 339 g/mol. The molecule has 2 rings (SSSR count). The summed E-state index contributed by atoms with van der Waals surface area (Å²) in [5.74, 6) is 0.271. The van der Waals surface area contributed by atoms with E-state index in [2.05, 4.69) is 25.9 Å². The predicted octanol–water partition coefficient (Wildman–Crippen LogP) is 2.62. The van der Waals surface area contributed by atoms with Crippen LogP contribution in [-0.2, 0) is 0 Å². The second-order valence-corrected chi connectivity index (χ2v) is 4.62. The van der Waals surface area contributed by atoms with Gasteiger partial charge in [-0.1, -0.05) is 0 Å². The van der Waals surface area contributed by atoms with Crippen LogP contribution in [0.1, 0.15) is 10.5 Å². The van der Waals surface area contributed by atoms with Crippen molar-refractivity contribution in [3.8, 4) is 22.9 Å². The molecule has 0 radical (unpaired) electrons. The number of hydrogen-bond acceptors (Lipinski definition) is 5. The number of benzene rings is 1. The third-order valence-corrected chi connectivity index (χ3v) is 3.17. The van der Waals surface area contributed by atoms with Crippen molar-refractivity contribution in [2.24, 2.45) is 0 Å². The molecule has 0 amide bonds. The molecule has 0 aliphatic heterocycles. The Morgan fingerprint density at radius 1 is 1.25 bits per heavy atom. The summed E-state index contributed by atoms with van der Waals surface area (Å²) in [4.78, 5) is 19.2. The molecule has 0 atom stereocenters. The van der Waals surface area contributed by atoms with Gasteiger partial charge in [-0.05, 0) is 34.1 Å². The highest BCUT2D eigenvalue weighted by Gasteiger charge is 2.14. The fourth-order valence-electron chi connectivity index (χ4n) is 1.63. The van der Waals surface area contributed by atoms with Gasteiger partial charge in [-0.25, -0.2) is 14.8 Å². The molecule has 1 aromatic carbocycles. The Morgan fingerprint density at radius 3 is 2.55 bits per heavy atom. The number of halogens is 1. The topological polar surface area (TPSA) is 81.5 Å². The van der Waals surface area contributed by atoms with Gasteiger partial charge in [0.05, 0.1) is 18.7 Å². The van der Waals surface area contributed by atoms with E-state index in [0.29, 0.717) is 27.4 Å². The quantitative estimate of drug-likeness (QED) is 0.922. The molecule has 1 aromatic heterocycles. The standard InChI is InChI=1S/C13H11BrN2O4/c1-19-9-4-3-7(5-10(9)20-2)12-15-6-8(14)11(16-12)13(17)18/h3-6H,1-2H3,(H,17,18). The van der Waals surface area contributed by atoms with E-state index in [-0.39, 0.29) is 5.69 Å². The Kier molecular flexibility index (Phi) is 4.19. The van der Waals surface area contributed by atoms with Crippen molar-refractivity contribution in [3.05, 3.63) is 34.6 Å². The van der Waals surface area contributed by atoms with Crippen molar-refractivity contribution in [3.63, 3.8) is 0 Å². The molecule has 0 aliphatic rings. The van der Waals surface area contributed by atoms with Gasteiger partial charge >= 0.3 is 5.97 Å². The van der Waals surface area contributed by atoms with Gasteiger partial charge in [-0.15, -0.1) is 0 Å². The molecule has 0 saturated heterocycles. The molecule has 1 heterocycles. The molecule has 20 heavy (non-hydrogen) atoms. The fraction of sp³-hybridized carbons (Fsp3) is 0.154. The maximum absolute atomic E-state index is 11.1. The van der Waals surface area contributed by atoms with Crippen LogP contribution < -0.4 is 9.47 Å². The molecule has 104 valence electrons. The summed E-state index contributed by atoms with van der Waals surface area (Å²) in [6, 6.07) is 5.13. The number of methoxy groups -OCH3 is 2. The van der Waals surface area contributed by atoms with Gasteiger partial charge in [0.25, 0.3) is 0 Å². The minimum atomic E-state index is -1.12. The Bertz CT molecular complexity index is 661. The molecule has 6 nitrogen and oxygen atoms in total. The van der Waals surface area contributed by atoms with E-state index in [1.165, 1.54) is 20.4 Å². The van der Waals surface area contributed by atoms with E-state index in [0.717, 1.165) is 0 Å². The van der Waals surface area contributed by atoms with Gasteiger partial charge in [0.1, 0.15) is 0 Å². The number of ether oxygens (including phenoxy) is 2. The molecule has 0 spiro atoms. The van der Waals surface area contributed by atoms with Crippen molar-refractivity contribution in [2.75, 3.05) is 14.2 Å². The highest BCUT2D eigenvalue weighted by Crippen LogP contribution is 2.31. The molecule has 0 fully saturated rings. The van der Waals surface area contributed by atoms with Crippen LogP contribution in [0.4, 0.5) is 0 Å². The lowest BCUT2D eigenvalue weighted by Crippen LogP contribution is -2.04. The zero-order valence-corrected chi connectivity index (χ0v) is 12.3. The van der Waals surface area contributed by atoms with Gasteiger partial charge < -0.3 is 14.6 Å². The summed E-state index contributed by atoms with van der Waals surface area (Å²) in [6.07, 6.45) is 1.41. The van der Waals surface area contributed by atoms with Crippen LogP contribution in [-0.4, -0.2) is 35.3 Å². The van der Waals surface area contributed by atoms with E-state index in [4.69, 9.17) is 14.6 Å². The van der Waals surface area contributed by atoms with E-state index in [1.807, 2.05) is 0 Å². The van der Waals surface area contributed by atoms with E-state index < -0.39 is 5.97 Å². The molecular formula is C13H11BrN2O4. The first-order chi connectivity index (χ1) is 9.56. The highest BCUT2D eigenvalue weighted by molar-refractivity contribution is 9.10. The van der Waals surface area contributed by atoms with Crippen LogP contribution in [0.5, 0.6) is 11.5 Å². The van der Waals surface area contributed by atoms with Crippen LogP contribution in [0, 0.1) is 0 Å². The van der Waals surface area contributed by atoms with Crippen molar-refractivity contribution in [2.45, 2.75) is 0 Å². The maximum Gasteiger partial charge on any atom is 0.355 e.